The molecule has 0 N–H and O–H groups in total. The summed E-state index contributed by atoms with van der Waals surface area (Å²) in [6, 6.07) is 0. The van der Waals surface area contributed by atoms with Crippen molar-refractivity contribution in [3.8, 4) is 0 Å². The Morgan fingerprint density at radius 3 is 2.91 bits per heavy atom. The highest BCUT2D eigenvalue weighted by Crippen LogP contribution is 2.02. The molecule has 1 heterocycles. The third-order valence-corrected chi connectivity index (χ3v) is 1.45. The van der Waals surface area contributed by atoms with Gasteiger partial charge in [0.05, 0.1) is 0 Å². The molecule has 0 saturated heterocycles. The van der Waals surface area contributed by atoms with Crippen LogP contribution in [0.4, 0.5) is 0 Å². The largest absolute Gasteiger partial charge is 0.300 e. The van der Waals surface area contributed by atoms with Gasteiger partial charge in [-0.05, 0) is 19.4 Å². The van der Waals surface area contributed by atoms with Crippen molar-refractivity contribution in [2.45, 2.75) is 20.3 Å². The average molecular weight is 150 g/mol. The maximum atomic E-state index is 10.7. The Bertz CT molecular complexity index is 271. The number of rotatable bonds is 2. The second-order valence-electron chi connectivity index (χ2n) is 2.51. The normalized spacial score (nSPS) is 9.64. The second kappa shape index (κ2) is 3.23. The monoisotopic (exact) mass is 150 g/mol. The smallest absolute Gasteiger partial charge is 0.134 e. The molecule has 1 aromatic rings. The summed E-state index contributed by atoms with van der Waals surface area (Å²) < 4.78 is 0. The highest BCUT2D eigenvalue weighted by Gasteiger charge is 2.00. The van der Waals surface area contributed by atoms with Crippen molar-refractivity contribution in [3.63, 3.8) is 0 Å². The van der Waals surface area contributed by atoms with E-state index in [-0.39, 0.29) is 5.78 Å². The molecule has 0 spiro atoms. The van der Waals surface area contributed by atoms with Gasteiger partial charge in [-0.1, -0.05) is 0 Å². The number of nitrogens with zero attached hydrogens (tertiary/aromatic N) is 2. The first-order valence-electron chi connectivity index (χ1n) is 3.45. The molecule has 0 amide bonds. The Labute approximate surface area is 65.5 Å². The first kappa shape index (κ1) is 7.85. The van der Waals surface area contributed by atoms with Gasteiger partial charge in [0.15, 0.2) is 0 Å². The van der Waals surface area contributed by atoms with Gasteiger partial charge in [-0.3, -0.25) is 4.79 Å². The number of carbonyl (C=O) groups excluding carboxylic acids is 1. The SMILES string of the molecule is CC(=O)Cc1cncnc1C. The van der Waals surface area contributed by atoms with Gasteiger partial charge in [0.25, 0.3) is 0 Å². The minimum Gasteiger partial charge on any atom is -0.300 e. The molecule has 0 aliphatic carbocycles. The Kier molecular flexibility index (Phi) is 2.31. The number of Topliss-reactive ketones (excluding diaryl/α,β-unsaturated/α-hetero) is 1. The van der Waals surface area contributed by atoms with Crippen LogP contribution in [0.3, 0.4) is 0 Å². The van der Waals surface area contributed by atoms with Gasteiger partial charge in [0.2, 0.25) is 0 Å². The van der Waals surface area contributed by atoms with Crippen LogP contribution < -0.4 is 0 Å². The van der Waals surface area contributed by atoms with E-state index in [9.17, 15) is 4.79 Å². The Balaban J connectivity index is 2.86. The molecule has 1 aromatic heterocycles. The van der Waals surface area contributed by atoms with Crippen LogP contribution in [-0.2, 0) is 11.2 Å². The van der Waals surface area contributed by atoms with Crippen molar-refractivity contribution >= 4 is 5.78 Å². The standard InChI is InChI=1S/C8H10N2O/c1-6(11)3-8-4-9-5-10-7(8)2/h4-5H,3H2,1-2H3. The molecular formula is C8H10N2O. The fourth-order valence-corrected chi connectivity index (χ4v) is 0.861. The quantitative estimate of drug-likeness (QED) is 0.629. The number of carbonyl (C=O) groups is 1. The van der Waals surface area contributed by atoms with Crippen LogP contribution in [0.2, 0.25) is 0 Å². The third kappa shape index (κ3) is 2.11. The summed E-state index contributed by atoms with van der Waals surface area (Å²) in [7, 11) is 0. The summed E-state index contributed by atoms with van der Waals surface area (Å²) >= 11 is 0. The highest BCUT2D eigenvalue weighted by atomic mass is 16.1. The van der Waals surface area contributed by atoms with Crippen molar-refractivity contribution in [1.82, 2.24) is 9.97 Å². The first-order valence-corrected chi connectivity index (χ1v) is 3.45. The van der Waals surface area contributed by atoms with Crippen LogP contribution in [0.25, 0.3) is 0 Å². The Hall–Kier alpha value is -1.25. The Morgan fingerprint density at radius 1 is 1.64 bits per heavy atom. The lowest BCUT2D eigenvalue weighted by molar-refractivity contribution is -0.116. The molecule has 11 heavy (non-hydrogen) atoms. The number of hydrogen-bond acceptors (Lipinski definition) is 3. The van der Waals surface area contributed by atoms with Crippen molar-refractivity contribution in [2.75, 3.05) is 0 Å². The van der Waals surface area contributed by atoms with Gasteiger partial charge < -0.3 is 0 Å². The maximum absolute atomic E-state index is 10.7. The number of aryl methyl sites for hydroxylation is 1. The molecule has 0 aliphatic rings. The van der Waals surface area contributed by atoms with E-state index in [0.717, 1.165) is 11.3 Å². The van der Waals surface area contributed by atoms with Crippen LogP contribution in [0.5, 0.6) is 0 Å². The fraction of sp³-hybridized carbons (Fsp3) is 0.375. The molecule has 0 atom stereocenters. The number of ketones is 1. The van der Waals surface area contributed by atoms with Gasteiger partial charge in [-0.15, -0.1) is 0 Å². The van der Waals surface area contributed by atoms with Crippen LogP contribution in [0.15, 0.2) is 12.5 Å². The van der Waals surface area contributed by atoms with Crippen molar-refractivity contribution in [3.05, 3.63) is 23.8 Å². The summed E-state index contributed by atoms with van der Waals surface area (Å²) in [6.07, 6.45) is 3.61. The predicted molar refractivity (Wildman–Crippen MR) is 41.2 cm³/mol. The van der Waals surface area contributed by atoms with Crippen LogP contribution >= 0.6 is 0 Å². The van der Waals surface area contributed by atoms with Gasteiger partial charge in [0, 0.05) is 18.3 Å². The third-order valence-electron chi connectivity index (χ3n) is 1.45. The summed E-state index contributed by atoms with van der Waals surface area (Å²) in [5.74, 6) is 0.142. The lowest BCUT2D eigenvalue weighted by atomic mass is 10.1. The molecule has 0 bridgehead atoms. The minimum atomic E-state index is 0.142. The summed E-state index contributed by atoms with van der Waals surface area (Å²) in [5, 5.41) is 0. The second-order valence-corrected chi connectivity index (χ2v) is 2.51. The molecule has 0 radical (unpaired) electrons. The molecule has 58 valence electrons. The van der Waals surface area contributed by atoms with Crippen molar-refractivity contribution in [2.24, 2.45) is 0 Å². The topological polar surface area (TPSA) is 42.9 Å². The van der Waals surface area contributed by atoms with E-state index in [1.807, 2.05) is 6.92 Å². The zero-order valence-electron chi connectivity index (χ0n) is 6.66. The molecule has 1 rings (SSSR count). The van der Waals surface area contributed by atoms with Gasteiger partial charge in [0.1, 0.15) is 12.1 Å². The number of aromatic nitrogens is 2. The van der Waals surface area contributed by atoms with Crippen molar-refractivity contribution < 1.29 is 4.79 Å². The van der Waals surface area contributed by atoms with Gasteiger partial charge in [-0.25, -0.2) is 9.97 Å². The molecule has 0 aliphatic heterocycles. The summed E-state index contributed by atoms with van der Waals surface area (Å²) in [5.41, 5.74) is 1.80. The predicted octanol–water partition coefficient (Wildman–Crippen LogP) is 0.917. The molecule has 0 unspecified atom stereocenters. The van der Waals surface area contributed by atoms with E-state index in [2.05, 4.69) is 9.97 Å². The van der Waals surface area contributed by atoms with Gasteiger partial charge in [-0.2, -0.15) is 0 Å². The zero-order chi connectivity index (χ0) is 8.27. The van der Waals surface area contributed by atoms with Crippen LogP contribution in [0, 0.1) is 6.92 Å². The Morgan fingerprint density at radius 2 is 2.36 bits per heavy atom. The first-order chi connectivity index (χ1) is 5.20. The van der Waals surface area contributed by atoms with Crippen molar-refractivity contribution in [1.29, 1.82) is 0 Å². The zero-order valence-corrected chi connectivity index (χ0v) is 6.66. The van der Waals surface area contributed by atoms with Crippen LogP contribution in [-0.4, -0.2) is 15.8 Å². The molecule has 0 saturated carbocycles. The maximum Gasteiger partial charge on any atom is 0.134 e. The molecule has 0 aromatic carbocycles. The fourth-order valence-electron chi connectivity index (χ4n) is 0.861. The van der Waals surface area contributed by atoms with E-state index in [0.29, 0.717) is 6.42 Å². The minimum absolute atomic E-state index is 0.142. The van der Waals surface area contributed by atoms with E-state index in [1.54, 1.807) is 13.1 Å². The molecular weight excluding hydrogens is 140 g/mol. The molecule has 3 heteroatoms. The van der Waals surface area contributed by atoms with Gasteiger partial charge >= 0.3 is 0 Å². The lowest BCUT2D eigenvalue weighted by Crippen LogP contribution is -2.00. The molecule has 0 fully saturated rings. The summed E-state index contributed by atoms with van der Waals surface area (Å²) in [6.45, 7) is 3.44. The molecule has 3 nitrogen and oxygen atoms in total. The summed E-state index contributed by atoms with van der Waals surface area (Å²) in [4.78, 5) is 18.5. The van der Waals surface area contributed by atoms with Crippen LogP contribution in [0.1, 0.15) is 18.2 Å². The van der Waals surface area contributed by atoms with E-state index < -0.39 is 0 Å². The van der Waals surface area contributed by atoms with E-state index in [1.165, 1.54) is 6.33 Å². The number of hydrogen-bond donors (Lipinski definition) is 0. The average Bonchev–Trinajstić information content (AvgIpc) is 1.93. The van der Waals surface area contributed by atoms with E-state index in [4.69, 9.17) is 0 Å². The highest BCUT2D eigenvalue weighted by molar-refractivity contribution is 5.78. The van der Waals surface area contributed by atoms with E-state index >= 15 is 0 Å². The lowest BCUT2D eigenvalue weighted by Gasteiger charge is -1.98.